The van der Waals surface area contributed by atoms with E-state index in [1.165, 1.54) is 0 Å². The van der Waals surface area contributed by atoms with Gasteiger partial charge < -0.3 is 14.6 Å². The van der Waals surface area contributed by atoms with Crippen LogP contribution in [-0.4, -0.2) is 69.7 Å². The van der Waals surface area contributed by atoms with Gasteiger partial charge in [-0.25, -0.2) is 4.98 Å². The van der Waals surface area contributed by atoms with Gasteiger partial charge in [0.05, 0.1) is 6.54 Å². The molecule has 106 valence electrons. The Morgan fingerprint density at radius 1 is 1.32 bits per heavy atom. The molecule has 0 aliphatic carbocycles. The first-order valence-electron chi connectivity index (χ1n) is 6.78. The highest BCUT2D eigenvalue weighted by Crippen LogP contribution is 2.05. The van der Waals surface area contributed by atoms with Crippen LogP contribution in [0.25, 0.3) is 0 Å². The number of hydrogen-bond acceptors (Lipinski definition) is 4. The summed E-state index contributed by atoms with van der Waals surface area (Å²) in [4.78, 5) is 19.5. The summed E-state index contributed by atoms with van der Waals surface area (Å²) in [6.45, 7) is 4.86. The lowest BCUT2D eigenvalue weighted by Crippen LogP contribution is -2.34. The number of imidazole rings is 1. The molecule has 1 aromatic rings. The fraction of sp³-hybridized carbons (Fsp3) is 0.692. The van der Waals surface area contributed by atoms with E-state index in [0.717, 1.165) is 51.4 Å². The van der Waals surface area contributed by atoms with E-state index in [2.05, 4.69) is 14.5 Å². The van der Waals surface area contributed by atoms with E-state index in [1.54, 1.807) is 0 Å². The van der Waals surface area contributed by atoms with Crippen molar-refractivity contribution in [1.82, 2.24) is 19.4 Å². The van der Waals surface area contributed by atoms with Gasteiger partial charge >= 0.3 is 5.97 Å². The second kappa shape index (κ2) is 6.68. The van der Waals surface area contributed by atoms with Gasteiger partial charge in [-0.3, -0.25) is 9.69 Å². The Labute approximate surface area is 113 Å². The minimum atomic E-state index is -0.735. The smallest absolute Gasteiger partial charge is 0.317 e. The Hall–Kier alpha value is -1.40. The summed E-state index contributed by atoms with van der Waals surface area (Å²) < 4.78 is 2.05. The molecule has 0 aromatic carbocycles. The maximum absolute atomic E-state index is 10.7. The number of carboxylic acids is 1. The number of carboxylic acid groups (broad SMARTS) is 1. The number of carbonyl (C=O) groups is 1. The highest BCUT2D eigenvalue weighted by Gasteiger charge is 2.16. The minimum Gasteiger partial charge on any atom is -0.480 e. The summed E-state index contributed by atoms with van der Waals surface area (Å²) in [5, 5.41) is 8.82. The van der Waals surface area contributed by atoms with Crippen molar-refractivity contribution in [2.24, 2.45) is 7.05 Å². The monoisotopic (exact) mass is 266 g/mol. The predicted molar refractivity (Wildman–Crippen MR) is 72.0 cm³/mol. The van der Waals surface area contributed by atoms with Crippen LogP contribution in [-0.2, 0) is 18.3 Å². The van der Waals surface area contributed by atoms with Gasteiger partial charge in [0.15, 0.2) is 0 Å². The normalized spacial score (nSPS) is 18.4. The summed E-state index contributed by atoms with van der Waals surface area (Å²) in [5.41, 5.74) is 0. The zero-order valence-corrected chi connectivity index (χ0v) is 11.5. The Morgan fingerprint density at radius 3 is 2.74 bits per heavy atom. The van der Waals surface area contributed by atoms with Crippen molar-refractivity contribution in [2.75, 3.05) is 39.3 Å². The second-order valence-corrected chi connectivity index (χ2v) is 5.07. The van der Waals surface area contributed by atoms with Gasteiger partial charge in [-0.2, -0.15) is 0 Å². The van der Waals surface area contributed by atoms with E-state index < -0.39 is 5.97 Å². The molecule has 1 N–H and O–H groups in total. The lowest BCUT2D eigenvalue weighted by Gasteiger charge is -2.20. The molecule has 0 bridgehead atoms. The molecule has 1 saturated heterocycles. The third-order valence-electron chi connectivity index (χ3n) is 3.61. The van der Waals surface area contributed by atoms with Crippen molar-refractivity contribution in [3.63, 3.8) is 0 Å². The summed E-state index contributed by atoms with van der Waals surface area (Å²) in [6.07, 6.45) is 5.77. The summed E-state index contributed by atoms with van der Waals surface area (Å²) in [7, 11) is 2.01. The van der Waals surface area contributed by atoms with Crippen molar-refractivity contribution in [3.8, 4) is 0 Å². The first-order valence-corrected chi connectivity index (χ1v) is 6.78. The number of rotatable bonds is 5. The lowest BCUT2D eigenvalue weighted by molar-refractivity contribution is -0.138. The molecule has 19 heavy (non-hydrogen) atoms. The molecule has 0 spiro atoms. The zero-order valence-electron chi connectivity index (χ0n) is 11.5. The van der Waals surface area contributed by atoms with Crippen LogP contribution in [0.15, 0.2) is 12.4 Å². The number of aliphatic carboxylic acids is 1. The average Bonchev–Trinajstić information content (AvgIpc) is 2.63. The average molecular weight is 266 g/mol. The van der Waals surface area contributed by atoms with Crippen molar-refractivity contribution in [3.05, 3.63) is 18.2 Å². The first-order chi connectivity index (χ1) is 9.15. The van der Waals surface area contributed by atoms with Crippen molar-refractivity contribution >= 4 is 5.97 Å². The maximum Gasteiger partial charge on any atom is 0.317 e. The van der Waals surface area contributed by atoms with E-state index in [-0.39, 0.29) is 6.54 Å². The molecule has 0 amide bonds. The third-order valence-corrected chi connectivity index (χ3v) is 3.61. The highest BCUT2D eigenvalue weighted by molar-refractivity contribution is 5.69. The molecule has 6 heteroatoms. The Balaban J connectivity index is 1.76. The molecule has 6 nitrogen and oxygen atoms in total. The van der Waals surface area contributed by atoms with Gasteiger partial charge in [0, 0.05) is 52.0 Å². The van der Waals surface area contributed by atoms with Gasteiger partial charge in [-0.05, 0) is 13.0 Å². The van der Waals surface area contributed by atoms with E-state index >= 15 is 0 Å². The van der Waals surface area contributed by atoms with Crippen LogP contribution in [0.2, 0.25) is 0 Å². The SMILES string of the molecule is Cn1ccnc1CCN1CCCN(CC(=O)O)CC1. The number of aryl methyl sites for hydroxylation is 1. The van der Waals surface area contributed by atoms with E-state index in [4.69, 9.17) is 5.11 Å². The zero-order chi connectivity index (χ0) is 13.7. The fourth-order valence-electron chi connectivity index (χ4n) is 2.49. The molecule has 1 fully saturated rings. The minimum absolute atomic E-state index is 0.160. The number of hydrogen-bond donors (Lipinski definition) is 1. The molecule has 0 unspecified atom stereocenters. The van der Waals surface area contributed by atoms with Gasteiger partial charge in [0.2, 0.25) is 0 Å². The fourth-order valence-corrected chi connectivity index (χ4v) is 2.49. The van der Waals surface area contributed by atoms with Crippen LogP contribution in [0.5, 0.6) is 0 Å². The second-order valence-electron chi connectivity index (χ2n) is 5.07. The van der Waals surface area contributed by atoms with Crippen LogP contribution in [0.4, 0.5) is 0 Å². The van der Waals surface area contributed by atoms with Crippen LogP contribution in [0.1, 0.15) is 12.2 Å². The number of nitrogens with zero attached hydrogens (tertiary/aromatic N) is 4. The Kier molecular flexibility index (Phi) is 4.93. The quantitative estimate of drug-likeness (QED) is 0.816. The van der Waals surface area contributed by atoms with Crippen molar-refractivity contribution in [1.29, 1.82) is 0 Å². The van der Waals surface area contributed by atoms with Gasteiger partial charge in [0.25, 0.3) is 0 Å². The highest BCUT2D eigenvalue weighted by atomic mass is 16.4. The van der Waals surface area contributed by atoms with Crippen LogP contribution < -0.4 is 0 Å². The number of aromatic nitrogens is 2. The molecule has 1 aromatic heterocycles. The van der Waals surface area contributed by atoms with Crippen LogP contribution in [0.3, 0.4) is 0 Å². The molecular weight excluding hydrogens is 244 g/mol. The standard InChI is InChI=1S/C13H22N4O2/c1-15-8-4-14-12(15)3-7-16-5-2-6-17(10-9-16)11-13(18)19/h4,8H,2-3,5-7,9-11H2,1H3,(H,18,19). The summed E-state index contributed by atoms with van der Waals surface area (Å²) in [6, 6.07) is 0. The Morgan fingerprint density at radius 2 is 2.05 bits per heavy atom. The molecule has 1 aliphatic heterocycles. The third kappa shape index (κ3) is 4.33. The van der Waals surface area contributed by atoms with Gasteiger partial charge in [0.1, 0.15) is 5.82 Å². The molecule has 0 saturated carbocycles. The van der Waals surface area contributed by atoms with Crippen LogP contribution in [0, 0.1) is 0 Å². The topological polar surface area (TPSA) is 61.6 Å². The molecular formula is C13H22N4O2. The maximum atomic E-state index is 10.7. The van der Waals surface area contributed by atoms with E-state index in [9.17, 15) is 4.79 Å². The Bertz CT molecular complexity index is 419. The lowest BCUT2D eigenvalue weighted by atomic mass is 10.3. The molecule has 0 radical (unpaired) electrons. The molecule has 1 aliphatic rings. The first kappa shape index (κ1) is 14.0. The molecule has 0 atom stereocenters. The predicted octanol–water partition coefficient (Wildman–Crippen LogP) is 0.0549. The van der Waals surface area contributed by atoms with Crippen LogP contribution >= 0.6 is 0 Å². The van der Waals surface area contributed by atoms with E-state index in [1.807, 2.05) is 24.3 Å². The molecule has 2 rings (SSSR count). The van der Waals surface area contributed by atoms with Crippen molar-refractivity contribution < 1.29 is 9.90 Å². The summed E-state index contributed by atoms with van der Waals surface area (Å²) in [5.74, 6) is 0.369. The van der Waals surface area contributed by atoms with Gasteiger partial charge in [-0.15, -0.1) is 0 Å². The van der Waals surface area contributed by atoms with E-state index in [0.29, 0.717) is 0 Å². The summed E-state index contributed by atoms with van der Waals surface area (Å²) >= 11 is 0. The largest absolute Gasteiger partial charge is 0.480 e. The van der Waals surface area contributed by atoms with Gasteiger partial charge in [-0.1, -0.05) is 0 Å². The molecule has 2 heterocycles. The van der Waals surface area contributed by atoms with Crippen molar-refractivity contribution in [2.45, 2.75) is 12.8 Å².